The minimum atomic E-state index is -0.715. The monoisotopic (exact) mass is 501 g/mol. The molecule has 0 aliphatic heterocycles. The molecular formula is C30H27N7O. The summed E-state index contributed by atoms with van der Waals surface area (Å²) >= 11 is 0. The van der Waals surface area contributed by atoms with E-state index in [4.69, 9.17) is 20.8 Å². The van der Waals surface area contributed by atoms with E-state index < -0.39 is 11.1 Å². The summed E-state index contributed by atoms with van der Waals surface area (Å²) in [5, 5.41) is 23.4. The Bertz CT molecular complexity index is 1800. The first kappa shape index (κ1) is 22.8. The molecule has 0 bridgehead atoms. The number of aryl methyl sites for hydroxylation is 1. The second-order valence-corrected chi connectivity index (χ2v) is 10.7. The van der Waals surface area contributed by atoms with E-state index in [2.05, 4.69) is 46.6 Å². The zero-order valence-corrected chi connectivity index (χ0v) is 21.2. The number of hydrogen-bond donors (Lipinski definition) is 3. The summed E-state index contributed by atoms with van der Waals surface area (Å²) in [6.45, 7) is 3.79. The van der Waals surface area contributed by atoms with Gasteiger partial charge in [-0.15, -0.1) is 0 Å². The van der Waals surface area contributed by atoms with Crippen molar-refractivity contribution in [1.29, 1.82) is 0 Å². The molecule has 0 atom stereocenters. The largest absolute Gasteiger partial charge is 0.390 e. The van der Waals surface area contributed by atoms with Gasteiger partial charge < -0.3 is 10.8 Å². The van der Waals surface area contributed by atoms with Crippen molar-refractivity contribution in [2.24, 2.45) is 5.73 Å². The first-order chi connectivity index (χ1) is 18.3. The Balaban J connectivity index is 1.53. The normalized spacial score (nSPS) is 21.2. The molecule has 38 heavy (non-hydrogen) atoms. The minimum absolute atomic E-state index is 0.522. The van der Waals surface area contributed by atoms with Crippen molar-refractivity contribution in [1.82, 2.24) is 29.8 Å². The number of benzene rings is 2. The molecule has 0 saturated heterocycles. The van der Waals surface area contributed by atoms with Crippen LogP contribution in [0, 0.1) is 6.92 Å². The number of aromatic amines is 1. The highest BCUT2D eigenvalue weighted by molar-refractivity contribution is 6.05. The zero-order chi connectivity index (χ0) is 26.1. The van der Waals surface area contributed by atoms with Crippen LogP contribution in [0.3, 0.4) is 0 Å². The van der Waals surface area contributed by atoms with Crippen molar-refractivity contribution in [2.45, 2.75) is 37.8 Å². The van der Waals surface area contributed by atoms with Crippen LogP contribution in [-0.2, 0) is 5.54 Å². The van der Waals surface area contributed by atoms with Crippen LogP contribution in [0.15, 0.2) is 79.1 Å². The Kier molecular flexibility index (Phi) is 4.82. The van der Waals surface area contributed by atoms with Crippen LogP contribution >= 0.6 is 0 Å². The molecule has 4 N–H and O–H groups in total. The molecular weight excluding hydrogens is 474 g/mol. The molecule has 1 aliphatic rings. The minimum Gasteiger partial charge on any atom is -0.390 e. The van der Waals surface area contributed by atoms with Crippen molar-refractivity contribution in [3.05, 3.63) is 90.4 Å². The Morgan fingerprint density at radius 2 is 1.74 bits per heavy atom. The van der Waals surface area contributed by atoms with Gasteiger partial charge in [-0.3, -0.25) is 5.10 Å². The van der Waals surface area contributed by atoms with Crippen molar-refractivity contribution >= 4 is 16.7 Å². The average molecular weight is 502 g/mol. The van der Waals surface area contributed by atoms with E-state index in [0.717, 1.165) is 55.9 Å². The number of hydrogen-bond acceptors (Lipinski definition) is 6. The molecule has 4 heterocycles. The SMILES string of the molecule is Cc1cc2ncc3c(-c4cc[nH]n4)c(-c4ccccc4)c(-c4ccc(C5(N)CC(C)(O)C5)cc4)nc3n2n1. The van der Waals surface area contributed by atoms with Crippen LogP contribution in [0.2, 0.25) is 0 Å². The lowest BCUT2D eigenvalue weighted by molar-refractivity contribution is -0.0738. The number of H-pyrrole nitrogens is 1. The van der Waals surface area contributed by atoms with Gasteiger partial charge in [-0.1, -0.05) is 54.6 Å². The maximum Gasteiger partial charge on any atom is 0.165 e. The molecule has 1 fully saturated rings. The van der Waals surface area contributed by atoms with E-state index in [1.807, 2.05) is 56.6 Å². The average Bonchev–Trinajstić information content (AvgIpc) is 3.56. The van der Waals surface area contributed by atoms with Gasteiger partial charge >= 0.3 is 0 Å². The lowest BCUT2D eigenvalue weighted by Crippen LogP contribution is -2.58. The molecule has 4 aromatic heterocycles. The van der Waals surface area contributed by atoms with E-state index in [9.17, 15) is 5.11 Å². The van der Waals surface area contributed by atoms with Crippen LogP contribution in [0.5, 0.6) is 0 Å². The molecule has 0 radical (unpaired) electrons. The third-order valence-electron chi connectivity index (χ3n) is 7.50. The van der Waals surface area contributed by atoms with E-state index in [-0.39, 0.29) is 0 Å². The van der Waals surface area contributed by atoms with Crippen molar-refractivity contribution < 1.29 is 5.11 Å². The predicted octanol–water partition coefficient (Wildman–Crippen LogP) is 5.01. The van der Waals surface area contributed by atoms with E-state index in [1.54, 1.807) is 4.52 Å². The maximum absolute atomic E-state index is 10.3. The van der Waals surface area contributed by atoms with Crippen molar-refractivity contribution in [3.63, 3.8) is 0 Å². The van der Waals surface area contributed by atoms with Crippen LogP contribution in [0.25, 0.3) is 50.3 Å². The highest BCUT2D eigenvalue weighted by Crippen LogP contribution is 2.47. The molecule has 0 spiro atoms. The fraction of sp³-hybridized carbons (Fsp3) is 0.200. The molecule has 7 rings (SSSR count). The molecule has 6 aromatic rings. The van der Waals surface area contributed by atoms with Crippen LogP contribution in [0.1, 0.15) is 31.0 Å². The summed E-state index contributed by atoms with van der Waals surface area (Å²) in [5.74, 6) is 0. The summed E-state index contributed by atoms with van der Waals surface area (Å²) in [7, 11) is 0. The second-order valence-electron chi connectivity index (χ2n) is 10.7. The second kappa shape index (κ2) is 8.05. The van der Waals surface area contributed by atoms with Gasteiger partial charge in [0.1, 0.15) is 0 Å². The number of pyridine rings is 1. The van der Waals surface area contributed by atoms with Gasteiger partial charge in [-0.05, 0) is 43.9 Å². The molecule has 188 valence electrons. The Labute approximate surface area is 219 Å². The van der Waals surface area contributed by atoms with E-state index in [0.29, 0.717) is 18.5 Å². The molecule has 8 nitrogen and oxygen atoms in total. The smallest absolute Gasteiger partial charge is 0.165 e. The maximum atomic E-state index is 10.3. The lowest BCUT2D eigenvalue weighted by atomic mass is 9.63. The molecule has 2 aromatic carbocycles. The number of nitrogens with two attached hydrogens (primary N) is 1. The number of rotatable bonds is 4. The first-order valence-electron chi connectivity index (χ1n) is 12.7. The van der Waals surface area contributed by atoms with Gasteiger partial charge in [0.15, 0.2) is 11.3 Å². The fourth-order valence-corrected chi connectivity index (χ4v) is 5.97. The summed E-state index contributed by atoms with van der Waals surface area (Å²) in [5.41, 5.74) is 14.2. The number of nitrogens with zero attached hydrogens (tertiary/aromatic N) is 5. The summed E-state index contributed by atoms with van der Waals surface area (Å²) in [6, 6.07) is 22.4. The third-order valence-corrected chi connectivity index (χ3v) is 7.50. The van der Waals surface area contributed by atoms with Crippen molar-refractivity contribution in [3.8, 4) is 33.6 Å². The Hall–Kier alpha value is -4.40. The van der Waals surface area contributed by atoms with E-state index in [1.165, 1.54) is 0 Å². The van der Waals surface area contributed by atoms with Crippen molar-refractivity contribution in [2.75, 3.05) is 0 Å². The standard InChI is InChI=1S/C30H27N7O/c1-18-14-24-32-15-22-26(23-12-13-33-35-23)25(19-6-4-3-5-7-19)27(34-28(22)37(24)36-18)20-8-10-21(11-9-20)30(31)16-29(2,38)17-30/h3-15,38H,16-17,31H2,1-2H3,(H,33,35). The number of aliphatic hydroxyl groups is 1. The molecule has 8 heteroatoms. The molecule has 1 aliphatic carbocycles. The van der Waals surface area contributed by atoms with Gasteiger partial charge in [0.05, 0.1) is 22.7 Å². The Morgan fingerprint density at radius 1 is 0.974 bits per heavy atom. The van der Waals surface area contributed by atoms with E-state index >= 15 is 0 Å². The Morgan fingerprint density at radius 3 is 2.42 bits per heavy atom. The van der Waals surface area contributed by atoms with Gasteiger partial charge in [0.25, 0.3) is 0 Å². The fourth-order valence-electron chi connectivity index (χ4n) is 5.97. The summed E-state index contributed by atoms with van der Waals surface area (Å²) in [4.78, 5) is 9.93. The van der Waals surface area contributed by atoms with Crippen LogP contribution < -0.4 is 5.73 Å². The topological polar surface area (TPSA) is 118 Å². The predicted molar refractivity (Wildman–Crippen MR) is 147 cm³/mol. The van der Waals surface area contributed by atoms with Gasteiger partial charge in [-0.25, -0.2) is 9.97 Å². The van der Waals surface area contributed by atoms with Crippen LogP contribution in [0.4, 0.5) is 0 Å². The third kappa shape index (κ3) is 3.53. The molecule has 1 saturated carbocycles. The zero-order valence-electron chi connectivity index (χ0n) is 21.2. The molecule has 0 amide bonds. The first-order valence-corrected chi connectivity index (χ1v) is 12.7. The number of aromatic nitrogens is 6. The molecule has 0 unspecified atom stereocenters. The summed E-state index contributed by atoms with van der Waals surface area (Å²) in [6.07, 6.45) is 4.76. The number of nitrogens with one attached hydrogen (secondary N) is 1. The summed E-state index contributed by atoms with van der Waals surface area (Å²) < 4.78 is 1.80. The quantitative estimate of drug-likeness (QED) is 0.313. The van der Waals surface area contributed by atoms with Gasteiger partial charge in [0, 0.05) is 46.1 Å². The highest BCUT2D eigenvalue weighted by atomic mass is 16.3. The number of fused-ring (bicyclic) bond motifs is 3. The van der Waals surface area contributed by atoms with Gasteiger partial charge in [0.2, 0.25) is 0 Å². The highest BCUT2D eigenvalue weighted by Gasteiger charge is 2.49. The van der Waals surface area contributed by atoms with Gasteiger partial charge in [-0.2, -0.15) is 14.7 Å². The lowest BCUT2D eigenvalue weighted by Gasteiger charge is -2.49. The van der Waals surface area contributed by atoms with Crippen LogP contribution in [-0.4, -0.2) is 40.5 Å².